The van der Waals surface area contributed by atoms with Crippen molar-refractivity contribution in [2.24, 2.45) is 0 Å². The highest BCUT2D eigenvalue weighted by atomic mass is 32.1. The van der Waals surface area contributed by atoms with Crippen molar-refractivity contribution >= 4 is 17.2 Å². The van der Waals surface area contributed by atoms with Crippen LogP contribution in [0.1, 0.15) is 12.1 Å². The number of benzene rings is 1. The lowest BCUT2D eigenvalue weighted by Gasteiger charge is -2.26. The van der Waals surface area contributed by atoms with E-state index in [0.29, 0.717) is 39.1 Å². The molecule has 1 amide bonds. The summed E-state index contributed by atoms with van der Waals surface area (Å²) in [7, 11) is 1.66. The van der Waals surface area contributed by atoms with Crippen molar-refractivity contribution in [1.29, 1.82) is 0 Å². The molecule has 0 atom stereocenters. The number of carbonyl (C=O) groups excluding carboxylic acids is 1. The number of amides is 1. The lowest BCUT2D eigenvalue weighted by atomic mass is 10.2. The van der Waals surface area contributed by atoms with Gasteiger partial charge in [0.25, 0.3) is 0 Å². The second kappa shape index (κ2) is 7.57. The van der Waals surface area contributed by atoms with Crippen molar-refractivity contribution in [3.05, 3.63) is 35.3 Å². The molecule has 0 bridgehead atoms. The summed E-state index contributed by atoms with van der Waals surface area (Å²) < 4.78 is 10.5. The second-order valence-electron chi connectivity index (χ2n) is 5.37. The number of rotatable bonds is 5. The van der Waals surface area contributed by atoms with E-state index in [0.717, 1.165) is 22.0 Å². The van der Waals surface area contributed by atoms with Gasteiger partial charge in [0.1, 0.15) is 10.8 Å². The van der Waals surface area contributed by atoms with E-state index in [-0.39, 0.29) is 5.91 Å². The highest BCUT2D eigenvalue weighted by Gasteiger charge is 2.17. The molecule has 23 heavy (non-hydrogen) atoms. The lowest BCUT2D eigenvalue weighted by Crippen LogP contribution is -2.40. The Morgan fingerprint density at radius 3 is 3.00 bits per heavy atom. The number of methoxy groups -OCH3 is 1. The zero-order valence-electron chi connectivity index (χ0n) is 13.2. The molecule has 1 saturated heterocycles. The van der Waals surface area contributed by atoms with Gasteiger partial charge in [0.05, 0.1) is 26.0 Å². The van der Waals surface area contributed by atoms with E-state index in [1.165, 1.54) is 0 Å². The van der Waals surface area contributed by atoms with Gasteiger partial charge in [0, 0.05) is 30.5 Å². The smallest absolute Gasteiger partial charge is 0.223 e. The predicted molar refractivity (Wildman–Crippen MR) is 89.8 cm³/mol. The van der Waals surface area contributed by atoms with E-state index < -0.39 is 0 Å². The fourth-order valence-electron chi connectivity index (χ4n) is 2.52. The lowest BCUT2D eigenvalue weighted by molar-refractivity contribution is -0.135. The maximum atomic E-state index is 12.2. The Bertz CT molecular complexity index is 665. The molecule has 1 aromatic carbocycles. The van der Waals surface area contributed by atoms with E-state index in [2.05, 4.69) is 4.98 Å². The number of carbonyl (C=O) groups is 1. The van der Waals surface area contributed by atoms with Crippen molar-refractivity contribution in [3.8, 4) is 16.3 Å². The number of morpholine rings is 1. The molecule has 6 heteroatoms. The van der Waals surface area contributed by atoms with Crippen LogP contribution < -0.4 is 4.74 Å². The SMILES string of the molecule is COc1cccc(-c2nc(CCC(=O)N3CCOCC3)cs2)c1. The van der Waals surface area contributed by atoms with E-state index in [9.17, 15) is 4.79 Å². The quantitative estimate of drug-likeness (QED) is 0.844. The summed E-state index contributed by atoms with van der Waals surface area (Å²) in [6.07, 6.45) is 1.18. The molecule has 0 radical (unpaired) electrons. The first kappa shape index (κ1) is 16.0. The van der Waals surface area contributed by atoms with Crippen LogP contribution in [0.4, 0.5) is 0 Å². The minimum Gasteiger partial charge on any atom is -0.497 e. The summed E-state index contributed by atoms with van der Waals surface area (Å²) in [5.41, 5.74) is 2.01. The monoisotopic (exact) mass is 332 g/mol. The van der Waals surface area contributed by atoms with Crippen molar-refractivity contribution in [3.63, 3.8) is 0 Å². The Labute approximate surface area is 139 Å². The standard InChI is InChI=1S/C17H20N2O3S/c1-21-15-4-2-3-13(11-15)17-18-14(12-23-17)5-6-16(20)19-7-9-22-10-8-19/h2-4,11-12H,5-10H2,1H3. The number of nitrogens with zero attached hydrogens (tertiary/aromatic N) is 2. The zero-order chi connectivity index (χ0) is 16.1. The van der Waals surface area contributed by atoms with E-state index in [4.69, 9.17) is 9.47 Å². The Morgan fingerprint density at radius 2 is 2.22 bits per heavy atom. The fourth-order valence-corrected chi connectivity index (χ4v) is 3.37. The molecule has 2 heterocycles. The molecular weight excluding hydrogens is 312 g/mol. The summed E-state index contributed by atoms with van der Waals surface area (Å²) in [5, 5.41) is 2.99. The first-order valence-corrected chi connectivity index (χ1v) is 8.58. The zero-order valence-corrected chi connectivity index (χ0v) is 14.0. The van der Waals surface area contributed by atoms with Crippen LogP contribution in [0.2, 0.25) is 0 Å². The minimum atomic E-state index is 0.184. The van der Waals surface area contributed by atoms with Gasteiger partial charge in [-0.3, -0.25) is 4.79 Å². The van der Waals surface area contributed by atoms with Gasteiger partial charge in [0.15, 0.2) is 0 Å². The van der Waals surface area contributed by atoms with Gasteiger partial charge in [-0.25, -0.2) is 4.98 Å². The van der Waals surface area contributed by atoms with Crippen LogP contribution in [0.3, 0.4) is 0 Å². The van der Waals surface area contributed by atoms with Crippen LogP contribution in [-0.2, 0) is 16.0 Å². The van der Waals surface area contributed by atoms with Gasteiger partial charge in [-0.1, -0.05) is 12.1 Å². The highest BCUT2D eigenvalue weighted by molar-refractivity contribution is 7.13. The van der Waals surface area contributed by atoms with E-state index >= 15 is 0 Å². The number of thiazole rings is 1. The molecule has 3 rings (SSSR count). The molecule has 1 aromatic heterocycles. The van der Waals surface area contributed by atoms with Gasteiger partial charge < -0.3 is 14.4 Å². The van der Waals surface area contributed by atoms with E-state index in [1.807, 2.05) is 34.5 Å². The van der Waals surface area contributed by atoms with Crippen molar-refractivity contribution in [2.45, 2.75) is 12.8 Å². The van der Waals surface area contributed by atoms with Crippen LogP contribution in [0.15, 0.2) is 29.6 Å². The van der Waals surface area contributed by atoms with Crippen LogP contribution >= 0.6 is 11.3 Å². The summed E-state index contributed by atoms with van der Waals surface area (Å²) in [6, 6.07) is 7.86. The molecular formula is C17H20N2O3S. The van der Waals surface area contributed by atoms with Crippen molar-refractivity contribution < 1.29 is 14.3 Å². The number of aromatic nitrogens is 1. The molecule has 1 aliphatic rings. The molecule has 0 spiro atoms. The summed E-state index contributed by atoms with van der Waals surface area (Å²) in [4.78, 5) is 18.7. The minimum absolute atomic E-state index is 0.184. The Hall–Kier alpha value is -1.92. The average molecular weight is 332 g/mol. The predicted octanol–water partition coefficient (Wildman–Crippen LogP) is 2.61. The third kappa shape index (κ3) is 4.09. The molecule has 0 unspecified atom stereocenters. The van der Waals surface area contributed by atoms with Gasteiger partial charge >= 0.3 is 0 Å². The first-order valence-electron chi connectivity index (χ1n) is 7.70. The van der Waals surface area contributed by atoms with Crippen LogP contribution in [-0.4, -0.2) is 49.2 Å². The topological polar surface area (TPSA) is 51.7 Å². The maximum Gasteiger partial charge on any atom is 0.223 e. The number of hydrogen-bond acceptors (Lipinski definition) is 5. The number of ether oxygens (including phenoxy) is 2. The van der Waals surface area contributed by atoms with Gasteiger partial charge in [-0.15, -0.1) is 11.3 Å². The molecule has 5 nitrogen and oxygen atoms in total. The maximum absolute atomic E-state index is 12.2. The van der Waals surface area contributed by atoms with Crippen molar-refractivity contribution in [1.82, 2.24) is 9.88 Å². The number of aryl methyl sites for hydroxylation is 1. The van der Waals surface area contributed by atoms with Crippen molar-refractivity contribution in [2.75, 3.05) is 33.4 Å². The van der Waals surface area contributed by atoms with Crippen LogP contribution in [0.25, 0.3) is 10.6 Å². The van der Waals surface area contributed by atoms with Gasteiger partial charge in [0.2, 0.25) is 5.91 Å². The second-order valence-corrected chi connectivity index (χ2v) is 6.23. The Morgan fingerprint density at radius 1 is 1.39 bits per heavy atom. The molecule has 0 saturated carbocycles. The third-order valence-electron chi connectivity index (χ3n) is 3.83. The molecule has 1 fully saturated rings. The van der Waals surface area contributed by atoms with Crippen LogP contribution in [0, 0.1) is 0 Å². The van der Waals surface area contributed by atoms with Crippen LogP contribution in [0.5, 0.6) is 5.75 Å². The normalized spacial score (nSPS) is 14.7. The average Bonchev–Trinajstić information content (AvgIpc) is 3.09. The fraction of sp³-hybridized carbons (Fsp3) is 0.412. The summed E-state index contributed by atoms with van der Waals surface area (Å²) >= 11 is 1.60. The molecule has 2 aromatic rings. The Kier molecular flexibility index (Phi) is 5.25. The summed E-state index contributed by atoms with van der Waals surface area (Å²) in [5.74, 6) is 1.01. The first-order chi connectivity index (χ1) is 11.3. The molecule has 0 aliphatic carbocycles. The summed E-state index contributed by atoms with van der Waals surface area (Å²) in [6.45, 7) is 2.68. The van der Waals surface area contributed by atoms with Gasteiger partial charge in [-0.05, 0) is 18.6 Å². The molecule has 1 aliphatic heterocycles. The third-order valence-corrected chi connectivity index (χ3v) is 4.77. The molecule has 0 N–H and O–H groups in total. The Balaban J connectivity index is 1.59. The highest BCUT2D eigenvalue weighted by Crippen LogP contribution is 2.27. The van der Waals surface area contributed by atoms with E-state index in [1.54, 1.807) is 18.4 Å². The largest absolute Gasteiger partial charge is 0.497 e. The molecule has 122 valence electrons. The van der Waals surface area contributed by atoms with Gasteiger partial charge in [-0.2, -0.15) is 0 Å². The number of hydrogen-bond donors (Lipinski definition) is 0.